The van der Waals surface area contributed by atoms with Crippen LogP contribution in [-0.2, 0) is 16.1 Å². The molecule has 10 heteroatoms. The maximum atomic E-state index is 13.7. The van der Waals surface area contributed by atoms with Gasteiger partial charge in [-0.2, -0.15) is 0 Å². The van der Waals surface area contributed by atoms with E-state index in [0.29, 0.717) is 72.7 Å². The summed E-state index contributed by atoms with van der Waals surface area (Å²) in [6.07, 6.45) is 1.00. The van der Waals surface area contributed by atoms with Gasteiger partial charge in [0.25, 0.3) is 5.91 Å². The molecule has 2 aromatic carbocycles. The van der Waals surface area contributed by atoms with Crippen LogP contribution in [0.3, 0.4) is 0 Å². The molecule has 1 fully saturated rings. The molecule has 0 aromatic heterocycles. The Morgan fingerprint density at radius 3 is 2.64 bits per heavy atom. The monoisotopic (exact) mass is 577 g/mol. The van der Waals surface area contributed by atoms with Crippen molar-refractivity contribution in [1.82, 2.24) is 9.80 Å². The van der Waals surface area contributed by atoms with Crippen molar-refractivity contribution < 1.29 is 24.2 Å². The summed E-state index contributed by atoms with van der Waals surface area (Å²) in [5.41, 5.74) is 1.85. The molecule has 2 aliphatic heterocycles. The van der Waals surface area contributed by atoms with E-state index in [1.54, 1.807) is 29.2 Å². The van der Waals surface area contributed by atoms with Crippen LogP contribution in [0.1, 0.15) is 42.6 Å². The number of hydrogen-bond donors (Lipinski definition) is 2. The van der Waals surface area contributed by atoms with Gasteiger partial charge in [-0.05, 0) is 56.6 Å². The van der Waals surface area contributed by atoms with Gasteiger partial charge in [0, 0.05) is 44.7 Å². The highest BCUT2D eigenvalue weighted by Crippen LogP contribution is 2.35. The van der Waals surface area contributed by atoms with Crippen molar-refractivity contribution in [2.75, 3.05) is 45.3 Å². The largest absolute Gasteiger partial charge is 0.486 e. The molecule has 0 unspecified atom stereocenters. The second-order valence-electron chi connectivity index (χ2n) is 10.6. The Balaban J connectivity index is 1.63. The topological polar surface area (TPSA) is 91.3 Å². The lowest BCUT2D eigenvalue weighted by Gasteiger charge is -2.38. The summed E-state index contributed by atoms with van der Waals surface area (Å²) >= 11 is 12.3. The maximum Gasteiger partial charge on any atom is 0.258 e. The van der Waals surface area contributed by atoms with Gasteiger partial charge >= 0.3 is 0 Å². The third kappa shape index (κ3) is 7.24. The number of aliphatic hydroxyl groups is 1. The number of carbonyl (C=O) groups excluding carboxylic acids is 2. The second kappa shape index (κ2) is 13.3. The fourth-order valence-corrected chi connectivity index (χ4v) is 5.40. The number of nitrogens with one attached hydrogen (secondary N) is 1. The van der Waals surface area contributed by atoms with Gasteiger partial charge in [-0.25, -0.2) is 0 Å². The van der Waals surface area contributed by atoms with Crippen LogP contribution in [0.4, 0.5) is 5.69 Å². The predicted molar refractivity (Wildman–Crippen MR) is 153 cm³/mol. The van der Waals surface area contributed by atoms with E-state index < -0.39 is 0 Å². The number of halogens is 2. The highest BCUT2D eigenvalue weighted by molar-refractivity contribution is 6.42. The molecule has 0 saturated carbocycles. The van der Waals surface area contributed by atoms with E-state index in [1.165, 1.54) is 0 Å². The first-order chi connectivity index (χ1) is 18.7. The second-order valence-corrected chi connectivity index (χ2v) is 11.4. The molecule has 4 rings (SSSR count). The first kappa shape index (κ1) is 29.6. The summed E-state index contributed by atoms with van der Waals surface area (Å²) in [4.78, 5) is 30.6. The molecule has 2 aliphatic rings. The lowest BCUT2D eigenvalue weighted by molar-refractivity contribution is -0.122. The standard InChI is InChI=1S/C29H37Cl2N3O5/c1-18-14-34(19(2)17-35)29(37)22-5-4-6-25(32-28(36)21-9-11-38-12-10-21)27(22)39-26(18)16-33(3)15-20-7-8-23(30)24(31)13-20/h4-8,13,18-19,21,26,35H,9-12,14-17H2,1-3H3,(H,32,36)/t18-,19+,26-/m1/s1. The van der Waals surface area contributed by atoms with Crippen LogP contribution in [0.5, 0.6) is 5.75 Å². The first-order valence-electron chi connectivity index (χ1n) is 13.4. The van der Waals surface area contributed by atoms with Crippen LogP contribution in [-0.4, -0.2) is 78.8 Å². The van der Waals surface area contributed by atoms with Gasteiger partial charge in [0.15, 0.2) is 5.75 Å². The van der Waals surface area contributed by atoms with Crippen molar-refractivity contribution in [2.24, 2.45) is 11.8 Å². The predicted octanol–water partition coefficient (Wildman–Crippen LogP) is 4.71. The molecule has 39 heavy (non-hydrogen) atoms. The summed E-state index contributed by atoms with van der Waals surface area (Å²) in [6.45, 7) is 6.41. The Morgan fingerprint density at radius 1 is 1.21 bits per heavy atom. The number of fused-ring (bicyclic) bond motifs is 1. The number of carbonyl (C=O) groups is 2. The number of hydrogen-bond acceptors (Lipinski definition) is 6. The summed E-state index contributed by atoms with van der Waals surface area (Å²) < 4.78 is 12.0. The number of ether oxygens (including phenoxy) is 2. The van der Waals surface area contributed by atoms with Crippen LogP contribution in [0.25, 0.3) is 0 Å². The molecule has 2 aromatic rings. The minimum absolute atomic E-state index is 0.0633. The van der Waals surface area contributed by atoms with Gasteiger partial charge in [0.2, 0.25) is 5.91 Å². The molecule has 212 valence electrons. The number of para-hydroxylation sites is 1. The number of anilines is 1. The van der Waals surface area contributed by atoms with E-state index in [0.717, 1.165) is 5.56 Å². The molecule has 2 amide bonds. The molecule has 2 heterocycles. The molecule has 0 spiro atoms. The fourth-order valence-electron chi connectivity index (χ4n) is 5.08. The highest BCUT2D eigenvalue weighted by Gasteiger charge is 2.35. The van der Waals surface area contributed by atoms with Gasteiger partial charge in [0.1, 0.15) is 6.10 Å². The quantitative estimate of drug-likeness (QED) is 0.472. The number of aliphatic hydroxyl groups excluding tert-OH is 1. The number of amides is 2. The zero-order valence-electron chi connectivity index (χ0n) is 22.7. The van der Waals surface area contributed by atoms with Crippen LogP contribution >= 0.6 is 23.2 Å². The summed E-state index contributed by atoms with van der Waals surface area (Å²) in [5, 5.41) is 14.0. The summed E-state index contributed by atoms with van der Waals surface area (Å²) in [7, 11) is 2.00. The molecule has 2 N–H and O–H groups in total. The zero-order chi connectivity index (χ0) is 28.1. The molecule has 0 bridgehead atoms. The third-order valence-corrected chi connectivity index (χ3v) is 8.21. The third-order valence-electron chi connectivity index (χ3n) is 7.47. The average Bonchev–Trinajstić information content (AvgIpc) is 2.93. The highest BCUT2D eigenvalue weighted by atomic mass is 35.5. The van der Waals surface area contributed by atoms with Crippen LogP contribution in [0, 0.1) is 11.8 Å². The zero-order valence-corrected chi connectivity index (χ0v) is 24.2. The SMILES string of the molecule is C[C@@H]1CN([C@@H](C)CO)C(=O)c2cccc(NC(=O)C3CCOCC3)c2O[C@@H]1CN(C)Cc1ccc(Cl)c(Cl)c1. The fraction of sp³-hybridized carbons (Fsp3) is 0.517. The Morgan fingerprint density at radius 2 is 1.95 bits per heavy atom. The van der Waals surface area contributed by atoms with Crippen molar-refractivity contribution in [3.05, 3.63) is 57.6 Å². The van der Waals surface area contributed by atoms with Gasteiger partial charge in [-0.15, -0.1) is 0 Å². The molecule has 1 saturated heterocycles. The summed E-state index contributed by atoms with van der Waals surface area (Å²) in [5.74, 6) is -0.198. The van der Waals surface area contributed by atoms with E-state index in [1.807, 2.05) is 33.0 Å². The van der Waals surface area contributed by atoms with Crippen molar-refractivity contribution in [1.29, 1.82) is 0 Å². The van der Waals surface area contributed by atoms with Gasteiger partial charge in [-0.1, -0.05) is 42.3 Å². The number of nitrogens with zero attached hydrogens (tertiary/aromatic N) is 2. The van der Waals surface area contributed by atoms with Crippen LogP contribution in [0.15, 0.2) is 36.4 Å². The first-order valence-corrected chi connectivity index (χ1v) is 14.2. The van der Waals surface area contributed by atoms with Gasteiger partial charge < -0.3 is 24.8 Å². The van der Waals surface area contributed by atoms with E-state index in [-0.39, 0.29) is 42.4 Å². The van der Waals surface area contributed by atoms with Crippen LogP contribution in [0.2, 0.25) is 10.0 Å². The lowest BCUT2D eigenvalue weighted by Crippen LogP contribution is -2.49. The Kier molecular flexibility index (Phi) is 10.1. The van der Waals surface area contributed by atoms with Gasteiger partial charge in [-0.3, -0.25) is 14.5 Å². The Bertz CT molecular complexity index is 1170. The van der Waals surface area contributed by atoms with E-state index in [9.17, 15) is 14.7 Å². The van der Waals surface area contributed by atoms with E-state index >= 15 is 0 Å². The molecular formula is C29H37Cl2N3O5. The minimum atomic E-state index is -0.374. The van der Waals surface area contributed by atoms with Crippen molar-refractivity contribution >= 4 is 40.7 Å². The molecular weight excluding hydrogens is 541 g/mol. The number of benzene rings is 2. The molecule has 3 atom stereocenters. The normalized spacial score (nSPS) is 21.1. The van der Waals surface area contributed by atoms with Crippen molar-refractivity contribution in [3.63, 3.8) is 0 Å². The van der Waals surface area contributed by atoms with E-state index in [4.69, 9.17) is 32.7 Å². The summed E-state index contributed by atoms with van der Waals surface area (Å²) in [6, 6.07) is 10.4. The minimum Gasteiger partial charge on any atom is -0.486 e. The van der Waals surface area contributed by atoms with Gasteiger partial charge in [0.05, 0.1) is 33.9 Å². The number of likely N-dealkylation sites (N-methyl/N-ethyl adjacent to an activating group) is 1. The number of rotatable bonds is 8. The van der Waals surface area contributed by atoms with Crippen molar-refractivity contribution in [3.8, 4) is 5.75 Å². The molecule has 8 nitrogen and oxygen atoms in total. The van der Waals surface area contributed by atoms with Crippen LogP contribution < -0.4 is 10.1 Å². The Hall–Kier alpha value is -2.36. The van der Waals surface area contributed by atoms with E-state index in [2.05, 4.69) is 10.2 Å². The Labute approximate surface area is 240 Å². The molecule has 0 aliphatic carbocycles. The average molecular weight is 579 g/mol. The molecule has 0 radical (unpaired) electrons. The van der Waals surface area contributed by atoms with Crippen molar-refractivity contribution in [2.45, 2.75) is 45.4 Å². The lowest BCUT2D eigenvalue weighted by atomic mass is 9.98. The maximum absolute atomic E-state index is 13.7. The smallest absolute Gasteiger partial charge is 0.258 e.